The summed E-state index contributed by atoms with van der Waals surface area (Å²) >= 11 is 0. The third kappa shape index (κ3) is 13.4. The molecule has 6 aromatic carbocycles. The number of esters is 1. The Balaban J connectivity index is 0.000000178. The molecule has 6 rings (SSSR count). The second-order valence-electron chi connectivity index (χ2n) is 12.3. The number of carboxylic acids is 2. The van der Waals surface area contributed by atoms with E-state index >= 15 is 0 Å². The van der Waals surface area contributed by atoms with Gasteiger partial charge in [-0.3, -0.25) is 14.4 Å². The van der Waals surface area contributed by atoms with Crippen molar-refractivity contribution in [3.05, 3.63) is 215 Å². The topological polar surface area (TPSA) is 101 Å². The van der Waals surface area contributed by atoms with Crippen molar-refractivity contribution >= 4 is 17.9 Å². The minimum absolute atomic E-state index is 0.0569. The Labute approximate surface area is 312 Å². The van der Waals surface area contributed by atoms with Gasteiger partial charge in [-0.05, 0) is 40.3 Å². The van der Waals surface area contributed by atoms with Crippen LogP contribution in [0.2, 0.25) is 0 Å². The van der Waals surface area contributed by atoms with E-state index in [4.69, 9.17) is 14.9 Å². The van der Waals surface area contributed by atoms with E-state index in [1.807, 2.05) is 165 Å². The van der Waals surface area contributed by atoms with E-state index < -0.39 is 11.9 Å². The molecule has 6 heteroatoms. The third-order valence-corrected chi connectivity index (χ3v) is 8.65. The monoisotopic (exact) mass is 706 g/mol. The maximum Gasteiger partial charge on any atom is 0.306 e. The number of carbonyl (C=O) groups is 3. The molecule has 0 bridgehead atoms. The zero-order valence-electron chi connectivity index (χ0n) is 29.9. The van der Waals surface area contributed by atoms with Crippen molar-refractivity contribution in [2.45, 2.75) is 43.9 Å². The highest BCUT2D eigenvalue weighted by atomic mass is 16.5. The highest BCUT2D eigenvalue weighted by Crippen LogP contribution is 2.30. The van der Waals surface area contributed by atoms with Crippen molar-refractivity contribution < 1.29 is 29.3 Å². The largest absolute Gasteiger partial charge is 0.481 e. The van der Waals surface area contributed by atoms with E-state index in [2.05, 4.69) is 24.3 Å². The molecule has 0 aromatic heterocycles. The van der Waals surface area contributed by atoms with Crippen LogP contribution in [0.5, 0.6) is 0 Å². The molecule has 6 aromatic rings. The second kappa shape index (κ2) is 21.8. The molecule has 0 unspecified atom stereocenters. The first-order chi connectivity index (χ1) is 25.9. The molecule has 0 amide bonds. The van der Waals surface area contributed by atoms with Gasteiger partial charge >= 0.3 is 17.9 Å². The Morgan fingerprint density at radius 3 is 0.792 bits per heavy atom. The quantitative estimate of drug-likeness (QED) is 0.116. The number of hydrogen-bond donors (Lipinski definition) is 2. The molecule has 0 saturated carbocycles. The van der Waals surface area contributed by atoms with Crippen LogP contribution >= 0.6 is 0 Å². The van der Waals surface area contributed by atoms with Crippen molar-refractivity contribution in [1.82, 2.24) is 0 Å². The molecular formula is C47H46O6. The summed E-state index contributed by atoms with van der Waals surface area (Å²) in [6.07, 6.45) is 0.615. The number of carbonyl (C=O) groups excluding carboxylic acids is 1. The van der Waals surface area contributed by atoms with Crippen LogP contribution in [0.4, 0.5) is 0 Å². The van der Waals surface area contributed by atoms with Crippen LogP contribution in [0.15, 0.2) is 182 Å². The van der Waals surface area contributed by atoms with Crippen LogP contribution in [0.25, 0.3) is 0 Å². The van der Waals surface area contributed by atoms with Gasteiger partial charge in [-0.1, -0.05) is 182 Å². The van der Waals surface area contributed by atoms with Gasteiger partial charge in [0, 0.05) is 17.8 Å². The zero-order valence-corrected chi connectivity index (χ0v) is 29.9. The number of rotatable bonds is 13. The third-order valence-electron chi connectivity index (χ3n) is 8.65. The molecule has 0 aliphatic heterocycles. The van der Waals surface area contributed by atoms with Crippen molar-refractivity contribution in [3.8, 4) is 0 Å². The Hall–Kier alpha value is -6.27. The van der Waals surface area contributed by atoms with Crippen molar-refractivity contribution in [1.29, 1.82) is 0 Å². The fourth-order valence-electron chi connectivity index (χ4n) is 6.13. The molecule has 0 spiro atoms. The van der Waals surface area contributed by atoms with Crippen molar-refractivity contribution in [2.75, 3.05) is 6.61 Å². The van der Waals surface area contributed by atoms with E-state index in [9.17, 15) is 14.4 Å². The molecule has 53 heavy (non-hydrogen) atoms. The lowest BCUT2D eigenvalue weighted by atomic mass is 9.89. The van der Waals surface area contributed by atoms with Crippen LogP contribution in [-0.2, 0) is 19.1 Å². The molecule has 0 aliphatic carbocycles. The molecule has 0 radical (unpaired) electrons. The first kappa shape index (κ1) is 39.5. The lowest BCUT2D eigenvalue weighted by Gasteiger charge is -2.17. The molecule has 6 nitrogen and oxygen atoms in total. The Kier molecular flexibility index (Phi) is 16.3. The molecule has 2 N–H and O–H groups in total. The maximum absolute atomic E-state index is 11.8. The predicted octanol–water partition coefficient (Wildman–Crippen LogP) is 10.4. The Morgan fingerprint density at radius 2 is 0.604 bits per heavy atom. The van der Waals surface area contributed by atoms with Gasteiger partial charge in [0.1, 0.15) is 0 Å². The molecule has 0 fully saturated rings. The summed E-state index contributed by atoms with van der Waals surface area (Å²) in [5, 5.41) is 18.0. The maximum atomic E-state index is 11.8. The number of aliphatic carboxylic acids is 2. The summed E-state index contributed by atoms with van der Waals surface area (Å²) in [6, 6.07) is 59.2. The summed E-state index contributed by atoms with van der Waals surface area (Å²) in [5.74, 6) is -1.79. The Bertz CT molecular complexity index is 1700. The van der Waals surface area contributed by atoms with E-state index in [-0.39, 0.29) is 36.6 Å². The summed E-state index contributed by atoms with van der Waals surface area (Å²) in [7, 11) is 0. The van der Waals surface area contributed by atoms with Gasteiger partial charge in [0.2, 0.25) is 0 Å². The number of carboxylic acid groups (broad SMARTS) is 2. The molecule has 270 valence electrons. The Morgan fingerprint density at radius 1 is 0.396 bits per heavy atom. The minimum Gasteiger partial charge on any atom is -0.481 e. The van der Waals surface area contributed by atoms with Crippen LogP contribution < -0.4 is 0 Å². The standard InChI is InChI=1S/C17H18O2.2C15H14O2/c1-2-19-17(18)13-16(14-9-5-3-6-10-14)15-11-7-4-8-12-15;2*16-15(17)11-14(12-7-3-1-4-8-12)13-9-5-2-6-10-13/h3-12,16H,2,13H2,1H3;2*1-10,14H,11H2,(H,16,17). The van der Waals surface area contributed by atoms with Crippen molar-refractivity contribution in [3.63, 3.8) is 0 Å². The molecular weight excluding hydrogens is 661 g/mol. The average Bonchev–Trinajstić information content (AvgIpc) is 3.20. The first-order valence-corrected chi connectivity index (χ1v) is 17.7. The van der Waals surface area contributed by atoms with E-state index in [1.54, 1.807) is 0 Å². The van der Waals surface area contributed by atoms with Gasteiger partial charge in [0.15, 0.2) is 0 Å². The lowest BCUT2D eigenvalue weighted by molar-refractivity contribution is -0.143. The SMILES string of the molecule is CCOC(=O)CC(c1ccccc1)c1ccccc1.O=C(O)CC(c1ccccc1)c1ccccc1.O=C(O)CC(c1ccccc1)c1ccccc1. The normalized spacial score (nSPS) is 10.4. The second-order valence-corrected chi connectivity index (χ2v) is 12.3. The fraction of sp³-hybridized carbons (Fsp3) is 0.170. The van der Waals surface area contributed by atoms with Gasteiger partial charge < -0.3 is 14.9 Å². The summed E-state index contributed by atoms with van der Waals surface area (Å²) < 4.78 is 5.08. The van der Waals surface area contributed by atoms with E-state index in [0.717, 1.165) is 33.4 Å². The smallest absolute Gasteiger partial charge is 0.306 e. The average molecular weight is 707 g/mol. The van der Waals surface area contributed by atoms with Gasteiger partial charge in [-0.2, -0.15) is 0 Å². The highest BCUT2D eigenvalue weighted by molar-refractivity contribution is 5.71. The van der Waals surface area contributed by atoms with Crippen LogP contribution in [0, 0.1) is 0 Å². The van der Waals surface area contributed by atoms with Crippen molar-refractivity contribution in [2.24, 2.45) is 0 Å². The molecule has 0 saturated heterocycles. The highest BCUT2D eigenvalue weighted by Gasteiger charge is 2.19. The van der Waals surface area contributed by atoms with Gasteiger partial charge in [0.05, 0.1) is 25.9 Å². The number of hydrogen-bond acceptors (Lipinski definition) is 4. The molecule has 0 atom stereocenters. The fourth-order valence-corrected chi connectivity index (χ4v) is 6.13. The summed E-state index contributed by atoms with van der Waals surface area (Å²) in [4.78, 5) is 33.7. The van der Waals surface area contributed by atoms with Gasteiger partial charge in [-0.15, -0.1) is 0 Å². The first-order valence-electron chi connectivity index (χ1n) is 17.7. The van der Waals surface area contributed by atoms with Crippen LogP contribution in [0.3, 0.4) is 0 Å². The van der Waals surface area contributed by atoms with Gasteiger partial charge in [-0.25, -0.2) is 0 Å². The van der Waals surface area contributed by atoms with E-state index in [0.29, 0.717) is 13.0 Å². The van der Waals surface area contributed by atoms with E-state index in [1.165, 1.54) is 0 Å². The summed E-state index contributed by atoms with van der Waals surface area (Å²) in [5.41, 5.74) is 6.45. The predicted molar refractivity (Wildman–Crippen MR) is 210 cm³/mol. The lowest BCUT2D eigenvalue weighted by Crippen LogP contribution is -2.11. The summed E-state index contributed by atoms with van der Waals surface area (Å²) in [6.45, 7) is 2.26. The number of benzene rings is 6. The van der Waals surface area contributed by atoms with Gasteiger partial charge in [0.25, 0.3) is 0 Å². The number of ether oxygens (including phenoxy) is 1. The minimum atomic E-state index is -0.775. The van der Waals surface area contributed by atoms with Crippen LogP contribution in [0.1, 0.15) is 77.3 Å². The van der Waals surface area contributed by atoms with Crippen LogP contribution in [-0.4, -0.2) is 34.7 Å². The zero-order chi connectivity index (χ0) is 37.7. The molecule has 0 heterocycles. The molecule has 0 aliphatic rings.